The van der Waals surface area contributed by atoms with Crippen LogP contribution >= 0.6 is 0 Å². The summed E-state index contributed by atoms with van der Waals surface area (Å²) < 4.78 is 35.3. The van der Waals surface area contributed by atoms with Crippen molar-refractivity contribution in [3.8, 4) is 11.3 Å². The topological polar surface area (TPSA) is 64.9 Å². The van der Waals surface area contributed by atoms with Crippen molar-refractivity contribution in [2.24, 2.45) is 0 Å². The van der Waals surface area contributed by atoms with Crippen LogP contribution in [0.1, 0.15) is 0 Å². The monoisotopic (exact) mass is 453 g/mol. The van der Waals surface area contributed by atoms with Gasteiger partial charge >= 0.3 is 0 Å². The van der Waals surface area contributed by atoms with E-state index in [0.29, 0.717) is 30.2 Å². The Morgan fingerprint density at radius 1 is 1.03 bits per heavy atom. The standard InChI is InChI=1S/C23H25F2N5OSi/c1-32(2,3)11-10-31-15-30-14-22-23(29-30)20(7-9-27-22)28-17-6-8-26-21(13-17)18-12-16(24)4-5-19(18)25/h4-9,12-14H,10-11,15H2,1-3H3,(H,26,28). The van der Waals surface area contributed by atoms with Gasteiger partial charge in [0.15, 0.2) is 0 Å². The third-order valence-corrected chi connectivity index (χ3v) is 6.62. The van der Waals surface area contributed by atoms with Gasteiger partial charge in [-0.25, -0.2) is 13.5 Å². The van der Waals surface area contributed by atoms with Gasteiger partial charge in [-0.3, -0.25) is 9.97 Å². The van der Waals surface area contributed by atoms with Crippen LogP contribution in [0.2, 0.25) is 25.7 Å². The van der Waals surface area contributed by atoms with Crippen LogP contribution in [0.25, 0.3) is 22.3 Å². The smallest absolute Gasteiger partial charge is 0.139 e. The minimum absolute atomic E-state index is 0.105. The highest BCUT2D eigenvalue weighted by Crippen LogP contribution is 2.28. The molecule has 3 heterocycles. The Hall–Kier alpha value is -3.17. The molecule has 0 spiro atoms. The minimum atomic E-state index is -1.14. The van der Waals surface area contributed by atoms with Crippen molar-refractivity contribution in [1.82, 2.24) is 19.7 Å². The summed E-state index contributed by atoms with van der Waals surface area (Å²) in [6.07, 6.45) is 5.08. The Morgan fingerprint density at radius 2 is 1.84 bits per heavy atom. The molecular formula is C23H25F2N5OSi. The van der Waals surface area contributed by atoms with Gasteiger partial charge in [-0.05, 0) is 42.4 Å². The number of pyridine rings is 2. The molecule has 166 valence electrons. The molecule has 6 nitrogen and oxygen atoms in total. The number of benzene rings is 1. The van der Waals surface area contributed by atoms with E-state index in [9.17, 15) is 8.78 Å². The number of hydrogen-bond donors (Lipinski definition) is 1. The first kappa shape index (κ1) is 22.0. The summed E-state index contributed by atoms with van der Waals surface area (Å²) in [5, 5.41) is 7.89. The highest BCUT2D eigenvalue weighted by Gasteiger charge is 2.13. The Morgan fingerprint density at radius 3 is 2.66 bits per heavy atom. The maximum absolute atomic E-state index is 14.2. The molecule has 0 aliphatic heterocycles. The van der Waals surface area contributed by atoms with Gasteiger partial charge in [0.25, 0.3) is 0 Å². The van der Waals surface area contributed by atoms with Crippen LogP contribution in [0.3, 0.4) is 0 Å². The molecule has 4 rings (SSSR count). The lowest BCUT2D eigenvalue weighted by molar-refractivity contribution is 0.0791. The van der Waals surface area contributed by atoms with Crippen LogP contribution in [-0.2, 0) is 11.5 Å². The summed E-state index contributed by atoms with van der Waals surface area (Å²) in [5.41, 5.74) is 3.28. The molecule has 3 aromatic heterocycles. The fourth-order valence-corrected chi connectivity index (χ4v) is 3.93. The van der Waals surface area contributed by atoms with Crippen LogP contribution in [-0.4, -0.2) is 34.4 Å². The number of nitrogens with one attached hydrogen (secondary N) is 1. The van der Waals surface area contributed by atoms with Gasteiger partial charge in [0.05, 0.1) is 17.6 Å². The quantitative estimate of drug-likeness (QED) is 0.269. The van der Waals surface area contributed by atoms with Crippen molar-refractivity contribution in [2.45, 2.75) is 32.4 Å². The van der Waals surface area contributed by atoms with Gasteiger partial charge in [0.1, 0.15) is 29.4 Å². The maximum atomic E-state index is 14.2. The van der Waals surface area contributed by atoms with Crippen LogP contribution in [0.4, 0.5) is 20.2 Å². The van der Waals surface area contributed by atoms with Gasteiger partial charge in [-0.2, -0.15) is 5.10 Å². The zero-order chi connectivity index (χ0) is 22.7. The van der Waals surface area contributed by atoms with E-state index in [1.165, 1.54) is 0 Å². The van der Waals surface area contributed by atoms with Gasteiger partial charge in [-0.15, -0.1) is 0 Å². The number of halogens is 2. The van der Waals surface area contributed by atoms with Crippen molar-refractivity contribution >= 4 is 30.5 Å². The first-order valence-corrected chi connectivity index (χ1v) is 14.1. The predicted molar refractivity (Wildman–Crippen MR) is 125 cm³/mol. The SMILES string of the molecule is C[Si](C)(C)CCOCn1cc2nccc(Nc3ccnc(-c4cc(F)ccc4F)c3)c2n1. The van der Waals surface area contributed by atoms with E-state index in [1.807, 2.05) is 12.3 Å². The first-order chi connectivity index (χ1) is 15.3. The van der Waals surface area contributed by atoms with Crippen molar-refractivity contribution in [3.63, 3.8) is 0 Å². The second-order valence-corrected chi connectivity index (χ2v) is 14.4. The molecule has 0 unspecified atom stereocenters. The summed E-state index contributed by atoms with van der Waals surface area (Å²) >= 11 is 0. The Balaban J connectivity index is 1.53. The molecule has 0 aliphatic rings. The molecule has 0 amide bonds. The molecular weight excluding hydrogens is 428 g/mol. The van der Waals surface area contributed by atoms with E-state index in [0.717, 1.165) is 35.4 Å². The molecule has 9 heteroatoms. The molecule has 0 radical (unpaired) electrons. The largest absolute Gasteiger partial charge is 0.360 e. The third kappa shape index (κ3) is 5.35. The van der Waals surface area contributed by atoms with Crippen LogP contribution in [0.15, 0.2) is 55.0 Å². The highest BCUT2D eigenvalue weighted by molar-refractivity contribution is 6.76. The van der Waals surface area contributed by atoms with Crippen LogP contribution < -0.4 is 5.32 Å². The first-order valence-electron chi connectivity index (χ1n) is 10.4. The average Bonchev–Trinajstić information content (AvgIpc) is 3.17. The highest BCUT2D eigenvalue weighted by atomic mass is 28.3. The summed E-state index contributed by atoms with van der Waals surface area (Å²) in [7, 11) is -1.14. The molecule has 0 bridgehead atoms. The number of aromatic nitrogens is 4. The number of hydrogen-bond acceptors (Lipinski definition) is 5. The Labute approximate surface area is 186 Å². The molecule has 1 N–H and O–H groups in total. The van der Waals surface area contributed by atoms with E-state index in [2.05, 4.69) is 40.0 Å². The zero-order valence-electron chi connectivity index (χ0n) is 18.3. The van der Waals surface area contributed by atoms with Crippen LogP contribution in [0.5, 0.6) is 0 Å². The van der Waals surface area contributed by atoms with Gasteiger partial charge in [0.2, 0.25) is 0 Å². The zero-order valence-corrected chi connectivity index (χ0v) is 19.3. The summed E-state index contributed by atoms with van der Waals surface area (Å²) in [5.74, 6) is -1.05. The molecule has 0 atom stereocenters. The second-order valence-electron chi connectivity index (χ2n) is 8.79. The molecule has 32 heavy (non-hydrogen) atoms. The molecule has 0 saturated heterocycles. The fraction of sp³-hybridized carbons (Fsp3) is 0.261. The van der Waals surface area contributed by atoms with Crippen molar-refractivity contribution in [1.29, 1.82) is 0 Å². The lowest BCUT2D eigenvalue weighted by Gasteiger charge is -2.15. The number of fused-ring (bicyclic) bond motifs is 1. The second kappa shape index (κ2) is 9.13. The minimum Gasteiger partial charge on any atom is -0.360 e. The number of anilines is 2. The van der Waals surface area contributed by atoms with E-state index in [-0.39, 0.29) is 5.56 Å². The number of nitrogens with zero attached hydrogens (tertiary/aromatic N) is 4. The van der Waals surface area contributed by atoms with Crippen molar-refractivity contribution in [2.75, 3.05) is 11.9 Å². The van der Waals surface area contributed by atoms with Crippen molar-refractivity contribution in [3.05, 3.63) is 66.6 Å². The van der Waals surface area contributed by atoms with E-state index in [1.54, 1.807) is 29.2 Å². The van der Waals surface area contributed by atoms with Crippen molar-refractivity contribution < 1.29 is 13.5 Å². The number of ether oxygens (including phenoxy) is 1. The normalized spacial score (nSPS) is 11.8. The fourth-order valence-electron chi connectivity index (χ4n) is 3.18. The van der Waals surface area contributed by atoms with Gasteiger partial charge in [-0.1, -0.05) is 19.6 Å². The van der Waals surface area contributed by atoms with Crippen LogP contribution in [0, 0.1) is 11.6 Å². The maximum Gasteiger partial charge on any atom is 0.139 e. The summed E-state index contributed by atoms with van der Waals surface area (Å²) in [6, 6.07) is 9.64. The Bertz CT molecular complexity index is 1240. The number of rotatable bonds is 8. The van der Waals surface area contributed by atoms with E-state index in [4.69, 9.17) is 4.74 Å². The molecule has 0 saturated carbocycles. The molecule has 0 fully saturated rings. The summed E-state index contributed by atoms with van der Waals surface area (Å²) in [6.45, 7) is 8.01. The summed E-state index contributed by atoms with van der Waals surface area (Å²) in [4.78, 5) is 8.57. The lowest BCUT2D eigenvalue weighted by Crippen LogP contribution is -2.22. The lowest BCUT2D eigenvalue weighted by atomic mass is 10.1. The third-order valence-electron chi connectivity index (χ3n) is 4.92. The Kier molecular flexibility index (Phi) is 6.29. The van der Waals surface area contributed by atoms with E-state index >= 15 is 0 Å². The molecule has 1 aromatic carbocycles. The van der Waals surface area contributed by atoms with Gasteiger partial charge in [0, 0.05) is 38.3 Å². The molecule has 4 aromatic rings. The van der Waals surface area contributed by atoms with E-state index < -0.39 is 19.7 Å². The average molecular weight is 454 g/mol. The molecule has 0 aliphatic carbocycles. The van der Waals surface area contributed by atoms with Gasteiger partial charge < -0.3 is 10.1 Å². The predicted octanol–water partition coefficient (Wildman–Crippen LogP) is 5.83.